The van der Waals surface area contributed by atoms with E-state index in [0.717, 1.165) is 43.6 Å². The molecule has 1 aromatic carbocycles. The average molecular weight is 412 g/mol. The predicted molar refractivity (Wildman–Crippen MR) is 108 cm³/mol. The summed E-state index contributed by atoms with van der Waals surface area (Å²) in [6, 6.07) is 8.14. The van der Waals surface area contributed by atoms with E-state index in [1.807, 2.05) is 18.2 Å². The lowest BCUT2D eigenvalue weighted by Crippen LogP contribution is -2.82. The quantitative estimate of drug-likeness (QED) is 0.712. The second kappa shape index (κ2) is 5.77. The molecule has 6 atom stereocenters. The van der Waals surface area contributed by atoms with Crippen molar-refractivity contribution in [3.8, 4) is 0 Å². The van der Waals surface area contributed by atoms with E-state index in [0.29, 0.717) is 12.8 Å². The number of ether oxygens (including phenoxy) is 2. The Labute approximate surface area is 175 Å². The molecule has 1 aromatic rings. The number of amides is 1. The van der Waals surface area contributed by atoms with Crippen molar-refractivity contribution in [2.75, 3.05) is 32.2 Å². The fourth-order valence-corrected chi connectivity index (χ4v) is 8.57. The van der Waals surface area contributed by atoms with Gasteiger partial charge in [0.05, 0.1) is 37.5 Å². The number of carbonyl (C=O) groups excluding carboxylic acids is 2. The smallest absolute Gasteiger partial charge is 0.414 e. The first kappa shape index (κ1) is 18.6. The zero-order valence-corrected chi connectivity index (χ0v) is 17.5. The van der Waals surface area contributed by atoms with Crippen LogP contribution in [0.25, 0.3) is 0 Å². The number of rotatable bonds is 1. The molecule has 0 aromatic heterocycles. The van der Waals surface area contributed by atoms with Crippen molar-refractivity contribution >= 4 is 17.7 Å². The molecule has 3 spiro atoms. The number of piperidine rings is 1. The Balaban J connectivity index is 1.71. The summed E-state index contributed by atoms with van der Waals surface area (Å²) in [5, 5.41) is 11.6. The van der Waals surface area contributed by atoms with Crippen molar-refractivity contribution in [3.63, 3.8) is 0 Å². The van der Waals surface area contributed by atoms with Gasteiger partial charge in [0.1, 0.15) is 0 Å². The lowest BCUT2D eigenvalue weighted by molar-refractivity contribution is -0.208. The molecule has 30 heavy (non-hydrogen) atoms. The largest absolute Gasteiger partial charge is 0.469 e. The van der Waals surface area contributed by atoms with Crippen molar-refractivity contribution in [1.29, 1.82) is 0 Å². The first-order valence-corrected chi connectivity index (χ1v) is 11.0. The van der Waals surface area contributed by atoms with Crippen molar-refractivity contribution < 1.29 is 24.2 Å². The zero-order chi connectivity index (χ0) is 20.9. The minimum atomic E-state index is -0.880. The van der Waals surface area contributed by atoms with Crippen LogP contribution in [0.2, 0.25) is 0 Å². The van der Waals surface area contributed by atoms with Gasteiger partial charge in [0.15, 0.2) is 0 Å². The molecular weight excluding hydrogens is 384 g/mol. The number of aliphatic hydroxyl groups excluding tert-OH is 1. The molecule has 0 radical (unpaired) electrons. The van der Waals surface area contributed by atoms with Gasteiger partial charge < -0.3 is 14.6 Å². The molecule has 7 heteroatoms. The van der Waals surface area contributed by atoms with E-state index in [-0.39, 0.29) is 17.4 Å². The molecule has 6 aliphatic rings. The summed E-state index contributed by atoms with van der Waals surface area (Å²) in [5.74, 6) is -0.781. The highest BCUT2D eigenvalue weighted by atomic mass is 16.5. The van der Waals surface area contributed by atoms with Gasteiger partial charge in [0.25, 0.3) is 0 Å². The molecule has 160 valence electrons. The number of fused-ring (bicyclic) bond motifs is 3. The SMILES string of the molecule is COC(=O)[C@@H]1C[C@@]23CCCN4CC[C@@]5(c6ccccc6N(C(=O)OC)[C@]15C[C@H]2O)[C@@H]43. The van der Waals surface area contributed by atoms with E-state index in [1.54, 1.807) is 4.90 Å². The Bertz CT molecular complexity index is 951. The molecule has 2 saturated heterocycles. The first-order valence-electron chi connectivity index (χ1n) is 11.0. The van der Waals surface area contributed by atoms with Crippen molar-refractivity contribution in [3.05, 3.63) is 29.8 Å². The maximum Gasteiger partial charge on any atom is 0.414 e. The monoisotopic (exact) mass is 412 g/mol. The predicted octanol–water partition coefficient (Wildman–Crippen LogP) is 2.06. The summed E-state index contributed by atoms with van der Waals surface area (Å²) in [5.41, 5.74) is 0.294. The van der Waals surface area contributed by atoms with E-state index >= 15 is 0 Å². The number of anilines is 1. The number of benzene rings is 1. The van der Waals surface area contributed by atoms with Crippen LogP contribution in [0.15, 0.2) is 24.3 Å². The molecule has 1 N–H and O–H groups in total. The van der Waals surface area contributed by atoms with E-state index in [1.165, 1.54) is 14.2 Å². The second-order valence-electron chi connectivity index (χ2n) is 9.74. The van der Waals surface area contributed by atoms with Crippen molar-refractivity contribution in [1.82, 2.24) is 4.90 Å². The highest BCUT2D eigenvalue weighted by molar-refractivity contribution is 5.97. The number of hydrogen-bond acceptors (Lipinski definition) is 6. The van der Waals surface area contributed by atoms with E-state index < -0.39 is 29.1 Å². The Morgan fingerprint density at radius 2 is 1.90 bits per heavy atom. The molecule has 3 aliphatic carbocycles. The molecule has 3 saturated carbocycles. The molecule has 3 aliphatic heterocycles. The Kier molecular flexibility index (Phi) is 3.58. The summed E-state index contributed by atoms with van der Waals surface area (Å²) in [4.78, 5) is 30.8. The highest BCUT2D eigenvalue weighted by Gasteiger charge is 2.83. The minimum absolute atomic E-state index is 0.110. The second-order valence-corrected chi connectivity index (χ2v) is 9.74. The van der Waals surface area contributed by atoms with Gasteiger partial charge in [-0.3, -0.25) is 14.6 Å². The summed E-state index contributed by atoms with van der Waals surface area (Å²) < 4.78 is 10.6. The number of aliphatic hydroxyl groups is 1. The lowest BCUT2D eigenvalue weighted by Gasteiger charge is -2.71. The fraction of sp³-hybridized carbons (Fsp3) is 0.652. The molecular formula is C23H28N2O5. The molecule has 3 heterocycles. The van der Waals surface area contributed by atoms with Gasteiger partial charge in [-0.25, -0.2) is 4.79 Å². The summed E-state index contributed by atoms with van der Waals surface area (Å²) in [6.07, 6.45) is 2.67. The minimum Gasteiger partial charge on any atom is -0.469 e. The van der Waals surface area contributed by atoms with Gasteiger partial charge in [0, 0.05) is 16.9 Å². The normalized spacial score (nSPS) is 43.0. The first-order chi connectivity index (χ1) is 14.5. The van der Waals surface area contributed by atoms with Crippen LogP contribution in [0.4, 0.5) is 10.5 Å². The topological polar surface area (TPSA) is 79.3 Å². The van der Waals surface area contributed by atoms with Crippen LogP contribution < -0.4 is 4.90 Å². The lowest BCUT2D eigenvalue weighted by atomic mass is 9.38. The van der Waals surface area contributed by atoms with E-state index in [9.17, 15) is 14.7 Å². The third kappa shape index (κ3) is 1.71. The zero-order valence-electron chi connectivity index (χ0n) is 17.5. The molecule has 5 fully saturated rings. The fourth-order valence-electron chi connectivity index (χ4n) is 8.57. The van der Waals surface area contributed by atoms with Crippen LogP contribution in [0.1, 0.15) is 37.7 Å². The van der Waals surface area contributed by atoms with Gasteiger partial charge in [-0.2, -0.15) is 0 Å². The van der Waals surface area contributed by atoms with E-state index in [4.69, 9.17) is 9.47 Å². The third-order valence-corrected chi connectivity index (χ3v) is 9.23. The molecule has 2 bridgehead atoms. The van der Waals surface area contributed by atoms with Gasteiger partial charge in [-0.1, -0.05) is 18.2 Å². The van der Waals surface area contributed by atoms with Crippen LogP contribution >= 0.6 is 0 Å². The third-order valence-electron chi connectivity index (χ3n) is 9.23. The van der Waals surface area contributed by atoms with Gasteiger partial charge in [-0.15, -0.1) is 0 Å². The molecule has 0 unspecified atom stereocenters. The van der Waals surface area contributed by atoms with Crippen LogP contribution in [0.5, 0.6) is 0 Å². The number of hydrogen-bond donors (Lipinski definition) is 1. The van der Waals surface area contributed by atoms with Crippen molar-refractivity contribution in [2.45, 2.75) is 55.2 Å². The summed E-state index contributed by atoms with van der Waals surface area (Å²) >= 11 is 0. The maximum atomic E-state index is 13.3. The number of para-hydroxylation sites is 1. The maximum absolute atomic E-state index is 13.3. The number of methoxy groups -OCH3 is 2. The molecule has 7 rings (SSSR count). The highest BCUT2D eigenvalue weighted by Crippen LogP contribution is 2.75. The Morgan fingerprint density at radius 1 is 1.10 bits per heavy atom. The molecule has 1 amide bonds. The van der Waals surface area contributed by atoms with Crippen LogP contribution in [0.3, 0.4) is 0 Å². The number of nitrogens with zero attached hydrogens (tertiary/aromatic N) is 2. The number of esters is 1. The van der Waals surface area contributed by atoms with Gasteiger partial charge >= 0.3 is 12.1 Å². The Hall–Kier alpha value is -2.12. The summed E-state index contributed by atoms with van der Waals surface area (Å²) in [6.45, 7) is 1.92. The van der Waals surface area contributed by atoms with Gasteiger partial charge in [0.2, 0.25) is 0 Å². The van der Waals surface area contributed by atoms with Crippen LogP contribution in [-0.2, 0) is 19.7 Å². The average Bonchev–Trinajstić information content (AvgIpc) is 3.29. The van der Waals surface area contributed by atoms with Crippen LogP contribution in [-0.4, -0.2) is 67.1 Å². The summed E-state index contributed by atoms with van der Waals surface area (Å²) in [7, 11) is 2.81. The number of carbonyl (C=O) groups is 2. The molecule has 7 nitrogen and oxygen atoms in total. The standard InChI is InChI=1S/C23H28N2O5/c1-29-18(27)15-12-21-8-5-10-24-11-9-22(19(21)24)14-6-3-4-7-16(14)25(20(28)30-2)23(15,22)13-17(21)26/h3-4,6-7,15,17,19,26H,5,8-13H2,1-2H3/t15-,17+,19-,21-,22+,23+/m0/s1. The Morgan fingerprint density at radius 3 is 2.67 bits per heavy atom. The van der Waals surface area contributed by atoms with Crippen molar-refractivity contribution in [2.24, 2.45) is 11.3 Å². The van der Waals surface area contributed by atoms with E-state index in [2.05, 4.69) is 11.0 Å². The van der Waals surface area contributed by atoms with Gasteiger partial charge in [-0.05, 0) is 56.8 Å². The van der Waals surface area contributed by atoms with Crippen LogP contribution in [0, 0.1) is 11.3 Å².